The molecular weight excluding hydrogens is 190 g/mol. The molecule has 0 aliphatic carbocycles. The summed E-state index contributed by atoms with van der Waals surface area (Å²) in [6, 6.07) is 0.0423. The first-order valence-corrected chi connectivity index (χ1v) is 6.06. The molecule has 0 bridgehead atoms. The summed E-state index contributed by atoms with van der Waals surface area (Å²) in [5.74, 6) is 0.269. The number of likely N-dealkylation sites (N-methyl/N-ethyl adjacent to an activating group) is 1. The largest absolute Gasteiger partial charge is 0.309 e. The molecule has 86 valence electrons. The number of nitrogens with one attached hydrogen (secondary N) is 1. The van der Waals surface area contributed by atoms with Crippen molar-refractivity contribution in [3.63, 3.8) is 0 Å². The molecule has 2 fully saturated rings. The number of carbonyl (C=O) groups excluding carboxylic acids is 1. The first-order chi connectivity index (χ1) is 7.33. The highest BCUT2D eigenvalue weighted by Crippen LogP contribution is 2.18. The van der Waals surface area contributed by atoms with Gasteiger partial charge in [0.05, 0.1) is 6.04 Å². The Bertz CT molecular complexity index is 226. The second-order valence-electron chi connectivity index (χ2n) is 4.46. The molecule has 4 nitrogen and oxygen atoms in total. The van der Waals surface area contributed by atoms with Gasteiger partial charge in [-0.05, 0) is 32.7 Å². The third-order valence-electron chi connectivity index (χ3n) is 3.44. The first-order valence-electron chi connectivity index (χ1n) is 6.06. The smallest absolute Gasteiger partial charge is 0.253 e. The van der Waals surface area contributed by atoms with E-state index in [-0.39, 0.29) is 11.9 Å². The maximum absolute atomic E-state index is 12.1. The molecule has 1 atom stereocenters. The van der Waals surface area contributed by atoms with E-state index in [1.807, 2.05) is 12.1 Å². The quantitative estimate of drug-likeness (QED) is 0.726. The van der Waals surface area contributed by atoms with Crippen LogP contribution < -0.4 is 5.32 Å². The number of nitrogens with zero attached hydrogens (tertiary/aromatic N) is 2. The van der Waals surface area contributed by atoms with Crippen molar-refractivity contribution < 1.29 is 4.79 Å². The first kappa shape index (κ1) is 10.9. The molecule has 2 aliphatic rings. The van der Waals surface area contributed by atoms with Gasteiger partial charge in [0.1, 0.15) is 0 Å². The van der Waals surface area contributed by atoms with Crippen LogP contribution in [0.25, 0.3) is 0 Å². The minimum Gasteiger partial charge on any atom is -0.309 e. The van der Waals surface area contributed by atoms with Crippen LogP contribution in [-0.4, -0.2) is 48.6 Å². The molecular formula is C11H21N3O. The molecule has 0 aromatic heterocycles. The monoisotopic (exact) mass is 211 g/mol. The Morgan fingerprint density at radius 2 is 1.87 bits per heavy atom. The molecule has 0 aromatic rings. The van der Waals surface area contributed by atoms with E-state index in [9.17, 15) is 4.79 Å². The molecule has 4 heteroatoms. The van der Waals surface area contributed by atoms with E-state index in [1.54, 1.807) is 0 Å². The molecule has 1 amide bonds. The van der Waals surface area contributed by atoms with Gasteiger partial charge in [0.2, 0.25) is 0 Å². The zero-order valence-electron chi connectivity index (χ0n) is 9.54. The molecule has 0 spiro atoms. The van der Waals surface area contributed by atoms with Gasteiger partial charge in [-0.2, -0.15) is 0 Å². The minimum atomic E-state index is 0.0423. The minimum absolute atomic E-state index is 0.0423. The number of hydrogen-bond acceptors (Lipinski definition) is 3. The molecule has 0 aromatic carbocycles. The van der Waals surface area contributed by atoms with Gasteiger partial charge in [0.15, 0.2) is 0 Å². The van der Waals surface area contributed by atoms with Crippen molar-refractivity contribution in [2.24, 2.45) is 0 Å². The fraction of sp³-hybridized carbons (Fsp3) is 0.909. The average molecular weight is 211 g/mol. The van der Waals surface area contributed by atoms with Crippen molar-refractivity contribution in [3.05, 3.63) is 0 Å². The van der Waals surface area contributed by atoms with Crippen molar-refractivity contribution in [2.45, 2.75) is 38.1 Å². The van der Waals surface area contributed by atoms with Gasteiger partial charge in [0, 0.05) is 19.6 Å². The Hall–Kier alpha value is -0.610. The Morgan fingerprint density at radius 1 is 1.13 bits per heavy atom. The molecule has 0 radical (unpaired) electrons. The fourth-order valence-corrected chi connectivity index (χ4v) is 2.53. The second-order valence-corrected chi connectivity index (χ2v) is 4.46. The summed E-state index contributed by atoms with van der Waals surface area (Å²) in [7, 11) is 1.88. The highest BCUT2D eigenvalue weighted by atomic mass is 16.2. The lowest BCUT2D eigenvalue weighted by Crippen LogP contribution is -2.57. The molecule has 1 unspecified atom stereocenters. The number of rotatable bonds is 2. The Balaban J connectivity index is 1.97. The predicted molar refractivity (Wildman–Crippen MR) is 59.2 cm³/mol. The molecule has 1 N–H and O–H groups in total. The zero-order valence-corrected chi connectivity index (χ0v) is 9.54. The number of carbonyl (C=O) groups is 1. The van der Waals surface area contributed by atoms with Crippen LogP contribution in [0.5, 0.6) is 0 Å². The number of hydrazine groups is 1. The maximum Gasteiger partial charge on any atom is 0.253 e. The van der Waals surface area contributed by atoms with Gasteiger partial charge in [-0.1, -0.05) is 6.42 Å². The van der Waals surface area contributed by atoms with Gasteiger partial charge in [-0.15, -0.1) is 0 Å². The van der Waals surface area contributed by atoms with E-state index in [0.29, 0.717) is 0 Å². The van der Waals surface area contributed by atoms with Crippen molar-refractivity contribution >= 4 is 5.91 Å². The summed E-state index contributed by atoms with van der Waals surface area (Å²) in [5.41, 5.74) is 0. The Kier molecular flexibility index (Phi) is 3.59. The van der Waals surface area contributed by atoms with E-state index in [0.717, 1.165) is 32.5 Å². The van der Waals surface area contributed by atoms with E-state index in [4.69, 9.17) is 0 Å². The van der Waals surface area contributed by atoms with Crippen LogP contribution >= 0.6 is 0 Å². The molecule has 0 saturated carbocycles. The van der Waals surface area contributed by atoms with Crippen molar-refractivity contribution in [3.8, 4) is 0 Å². The van der Waals surface area contributed by atoms with Gasteiger partial charge >= 0.3 is 0 Å². The van der Waals surface area contributed by atoms with Crippen molar-refractivity contribution in [1.82, 2.24) is 15.3 Å². The standard InChI is InChI=1S/C11H21N3O/c1-12-10-6-5-9-14(11(10)15)13-7-3-2-4-8-13/h10,12H,2-9H2,1H3. The van der Waals surface area contributed by atoms with Crippen molar-refractivity contribution in [2.75, 3.05) is 26.7 Å². The van der Waals surface area contributed by atoms with E-state index >= 15 is 0 Å². The summed E-state index contributed by atoms with van der Waals surface area (Å²) in [6.07, 6.45) is 5.88. The lowest BCUT2D eigenvalue weighted by Gasteiger charge is -2.41. The summed E-state index contributed by atoms with van der Waals surface area (Å²) in [6.45, 7) is 3.03. The van der Waals surface area contributed by atoms with Crippen LogP contribution in [0, 0.1) is 0 Å². The topological polar surface area (TPSA) is 35.6 Å². The van der Waals surface area contributed by atoms with Crippen molar-refractivity contribution in [1.29, 1.82) is 0 Å². The van der Waals surface area contributed by atoms with Crippen LogP contribution in [0.15, 0.2) is 0 Å². The molecule has 2 aliphatic heterocycles. The van der Waals surface area contributed by atoms with Crippen LogP contribution in [-0.2, 0) is 4.79 Å². The predicted octanol–water partition coefficient (Wildman–Crippen LogP) is 0.598. The lowest BCUT2D eigenvalue weighted by molar-refractivity contribution is -0.157. The number of hydrogen-bond donors (Lipinski definition) is 1. The van der Waals surface area contributed by atoms with Crippen LogP contribution in [0.3, 0.4) is 0 Å². The van der Waals surface area contributed by atoms with Gasteiger partial charge in [-0.3, -0.25) is 9.80 Å². The summed E-state index contributed by atoms with van der Waals surface area (Å²) >= 11 is 0. The maximum atomic E-state index is 12.1. The highest BCUT2D eigenvalue weighted by Gasteiger charge is 2.31. The normalized spacial score (nSPS) is 29.5. The Morgan fingerprint density at radius 3 is 2.53 bits per heavy atom. The lowest BCUT2D eigenvalue weighted by atomic mass is 10.1. The second kappa shape index (κ2) is 4.94. The number of piperidine rings is 2. The molecule has 15 heavy (non-hydrogen) atoms. The van der Waals surface area contributed by atoms with E-state index in [1.165, 1.54) is 19.3 Å². The van der Waals surface area contributed by atoms with Crippen LogP contribution in [0.1, 0.15) is 32.1 Å². The highest BCUT2D eigenvalue weighted by molar-refractivity contribution is 5.82. The van der Waals surface area contributed by atoms with Gasteiger partial charge in [0.25, 0.3) is 5.91 Å². The molecule has 2 rings (SSSR count). The Labute approximate surface area is 91.6 Å². The summed E-state index contributed by atoms with van der Waals surface area (Å²) < 4.78 is 0. The number of amides is 1. The van der Waals surface area contributed by atoms with Crippen LogP contribution in [0.4, 0.5) is 0 Å². The van der Waals surface area contributed by atoms with E-state index in [2.05, 4.69) is 10.3 Å². The third-order valence-corrected chi connectivity index (χ3v) is 3.44. The van der Waals surface area contributed by atoms with Gasteiger partial charge < -0.3 is 5.32 Å². The fourth-order valence-electron chi connectivity index (χ4n) is 2.53. The zero-order chi connectivity index (χ0) is 10.7. The average Bonchev–Trinajstić information content (AvgIpc) is 2.30. The molecule has 2 heterocycles. The third kappa shape index (κ3) is 2.32. The van der Waals surface area contributed by atoms with Gasteiger partial charge in [-0.25, -0.2) is 5.01 Å². The summed E-state index contributed by atoms with van der Waals surface area (Å²) in [4.78, 5) is 12.1. The summed E-state index contributed by atoms with van der Waals surface area (Å²) in [5, 5.41) is 7.33. The molecule has 2 saturated heterocycles. The van der Waals surface area contributed by atoms with Crippen LogP contribution in [0.2, 0.25) is 0 Å². The van der Waals surface area contributed by atoms with E-state index < -0.39 is 0 Å². The SMILES string of the molecule is CNC1CCCN(N2CCCCC2)C1=O.